The third-order valence-corrected chi connectivity index (χ3v) is 4.43. The molecule has 7 heteroatoms. The van der Waals surface area contributed by atoms with Gasteiger partial charge in [-0.2, -0.15) is 0 Å². The van der Waals surface area contributed by atoms with E-state index in [1.807, 2.05) is 37.3 Å². The predicted octanol–water partition coefficient (Wildman–Crippen LogP) is 2.16. The number of rotatable bonds is 9. The van der Waals surface area contributed by atoms with E-state index in [0.717, 1.165) is 12.0 Å². The predicted molar refractivity (Wildman–Crippen MR) is 95.8 cm³/mol. The van der Waals surface area contributed by atoms with Gasteiger partial charge in [0.1, 0.15) is 12.4 Å². The van der Waals surface area contributed by atoms with Crippen LogP contribution in [0.15, 0.2) is 47.4 Å². The lowest BCUT2D eigenvalue weighted by molar-refractivity contribution is -0.141. The van der Waals surface area contributed by atoms with E-state index in [1.165, 1.54) is 12.3 Å². The van der Waals surface area contributed by atoms with Gasteiger partial charge in [0.05, 0.1) is 12.4 Å². The van der Waals surface area contributed by atoms with Crippen molar-refractivity contribution in [2.45, 2.75) is 25.7 Å². The molecule has 25 heavy (non-hydrogen) atoms. The molecule has 1 atom stereocenters. The molecule has 1 unspecified atom stereocenters. The van der Waals surface area contributed by atoms with Crippen LogP contribution in [0.3, 0.4) is 0 Å². The van der Waals surface area contributed by atoms with Gasteiger partial charge in [0.2, 0.25) is 5.43 Å². The number of esters is 1. The molecule has 1 aromatic heterocycles. The molecule has 2 aromatic rings. The van der Waals surface area contributed by atoms with E-state index in [4.69, 9.17) is 9.47 Å². The van der Waals surface area contributed by atoms with Crippen LogP contribution in [0.5, 0.6) is 5.75 Å². The highest BCUT2D eigenvalue weighted by Gasteiger charge is 2.12. The first kappa shape index (κ1) is 18.9. The van der Waals surface area contributed by atoms with Gasteiger partial charge >= 0.3 is 5.97 Å². The number of pyridine rings is 1. The van der Waals surface area contributed by atoms with Crippen molar-refractivity contribution < 1.29 is 18.5 Å². The monoisotopic (exact) mass is 363 g/mol. The Kier molecular flexibility index (Phi) is 7.40. The number of hydrogen-bond acceptors (Lipinski definition) is 5. The van der Waals surface area contributed by atoms with Crippen LogP contribution in [-0.2, 0) is 32.7 Å². The highest BCUT2D eigenvalue weighted by Crippen LogP contribution is 2.06. The summed E-state index contributed by atoms with van der Waals surface area (Å²) in [7, 11) is -1.46. The van der Waals surface area contributed by atoms with Crippen LogP contribution >= 0.6 is 0 Å². The van der Waals surface area contributed by atoms with Crippen molar-refractivity contribution in [1.29, 1.82) is 0 Å². The molecule has 1 heterocycles. The average Bonchev–Trinajstić information content (AvgIpc) is 2.60. The van der Waals surface area contributed by atoms with Crippen molar-refractivity contribution in [3.63, 3.8) is 0 Å². The summed E-state index contributed by atoms with van der Waals surface area (Å²) in [6.07, 6.45) is 2.26. The lowest BCUT2D eigenvalue weighted by atomic mass is 10.2. The Labute approximate surface area is 148 Å². The first-order valence-corrected chi connectivity index (χ1v) is 9.46. The van der Waals surface area contributed by atoms with E-state index in [1.54, 1.807) is 0 Å². The van der Waals surface area contributed by atoms with E-state index in [9.17, 15) is 13.8 Å². The van der Waals surface area contributed by atoms with Gasteiger partial charge < -0.3 is 14.5 Å². The Morgan fingerprint density at radius 2 is 2.00 bits per heavy atom. The molecule has 0 saturated carbocycles. The molecular weight excluding hydrogens is 342 g/mol. The number of benzene rings is 1. The molecule has 6 nitrogen and oxygen atoms in total. The minimum atomic E-state index is -1.46. The lowest BCUT2D eigenvalue weighted by Crippen LogP contribution is -2.17. The molecule has 0 spiro atoms. The standard InChI is InChI=1S/C18H21NO5S/c1-2-8-23-17-10-19-15(9-16(17)20)12-25(22)13-18(21)24-11-14-6-4-3-5-7-14/h3-7,9-10H,2,8,11-13H2,1H3,(H,19,20). The highest BCUT2D eigenvalue weighted by molar-refractivity contribution is 7.84. The van der Waals surface area contributed by atoms with Crippen LogP contribution < -0.4 is 10.2 Å². The molecule has 0 bridgehead atoms. The minimum absolute atomic E-state index is 0.0731. The minimum Gasteiger partial charge on any atom is -0.488 e. The summed E-state index contributed by atoms with van der Waals surface area (Å²) in [4.78, 5) is 26.5. The van der Waals surface area contributed by atoms with E-state index < -0.39 is 16.8 Å². The molecule has 1 N–H and O–H groups in total. The molecule has 0 radical (unpaired) electrons. The van der Waals surface area contributed by atoms with Crippen LogP contribution in [0.25, 0.3) is 0 Å². The summed E-state index contributed by atoms with van der Waals surface area (Å²) in [5.41, 5.74) is 1.09. The zero-order valence-corrected chi connectivity index (χ0v) is 14.8. The second-order valence-electron chi connectivity index (χ2n) is 5.41. The van der Waals surface area contributed by atoms with E-state index >= 15 is 0 Å². The Bertz CT molecular complexity index is 773. The van der Waals surface area contributed by atoms with E-state index in [2.05, 4.69) is 4.98 Å². The summed E-state index contributed by atoms with van der Waals surface area (Å²) in [6, 6.07) is 10.6. The first-order chi connectivity index (χ1) is 12.1. The number of nitrogens with one attached hydrogen (secondary N) is 1. The third-order valence-electron chi connectivity index (χ3n) is 3.24. The number of ether oxygens (including phenoxy) is 2. The molecule has 1 aromatic carbocycles. The molecule has 0 saturated heterocycles. The number of aromatic nitrogens is 1. The second-order valence-corrected chi connectivity index (χ2v) is 6.87. The normalized spacial score (nSPS) is 11.7. The van der Waals surface area contributed by atoms with Gasteiger partial charge in [-0.15, -0.1) is 0 Å². The van der Waals surface area contributed by atoms with Gasteiger partial charge in [0, 0.05) is 28.8 Å². The fourth-order valence-electron chi connectivity index (χ4n) is 2.04. The quantitative estimate of drug-likeness (QED) is 0.690. The fourth-order valence-corrected chi connectivity index (χ4v) is 3.01. The van der Waals surface area contributed by atoms with E-state index in [-0.39, 0.29) is 29.3 Å². The zero-order valence-electron chi connectivity index (χ0n) is 14.0. The Balaban J connectivity index is 1.82. The summed E-state index contributed by atoms with van der Waals surface area (Å²) in [5.74, 6) is -0.446. The Morgan fingerprint density at radius 3 is 2.68 bits per heavy atom. The first-order valence-electron chi connectivity index (χ1n) is 7.97. The van der Waals surface area contributed by atoms with Crippen LogP contribution in [0.1, 0.15) is 24.6 Å². The van der Waals surface area contributed by atoms with Gasteiger partial charge in [-0.25, -0.2) is 0 Å². The molecule has 0 aliphatic rings. The lowest BCUT2D eigenvalue weighted by Gasteiger charge is -2.07. The Morgan fingerprint density at radius 1 is 1.24 bits per heavy atom. The molecule has 134 valence electrons. The molecule has 0 amide bonds. The number of carbonyl (C=O) groups is 1. The molecule has 0 fully saturated rings. The highest BCUT2D eigenvalue weighted by atomic mass is 32.2. The summed E-state index contributed by atoms with van der Waals surface area (Å²) >= 11 is 0. The maximum Gasteiger partial charge on any atom is 0.318 e. The molecule has 2 rings (SSSR count). The third kappa shape index (κ3) is 6.54. The van der Waals surface area contributed by atoms with Gasteiger partial charge in [-0.1, -0.05) is 37.3 Å². The zero-order chi connectivity index (χ0) is 18.1. The largest absolute Gasteiger partial charge is 0.488 e. The average molecular weight is 363 g/mol. The van der Waals surface area contributed by atoms with Crippen molar-refractivity contribution in [3.8, 4) is 5.75 Å². The number of H-pyrrole nitrogens is 1. The van der Waals surface area contributed by atoms with E-state index in [0.29, 0.717) is 12.3 Å². The summed E-state index contributed by atoms with van der Waals surface area (Å²) in [6.45, 7) is 2.56. The van der Waals surface area contributed by atoms with Gasteiger partial charge in [0.25, 0.3) is 0 Å². The van der Waals surface area contributed by atoms with Crippen LogP contribution in [0, 0.1) is 0 Å². The molecule has 0 aliphatic carbocycles. The second kappa shape index (κ2) is 9.78. The number of carbonyl (C=O) groups excluding carboxylic acids is 1. The fraction of sp³-hybridized carbons (Fsp3) is 0.333. The van der Waals surface area contributed by atoms with Crippen molar-refractivity contribution in [3.05, 3.63) is 64.1 Å². The molecular formula is C18H21NO5S. The number of aromatic amines is 1. The topological polar surface area (TPSA) is 85.5 Å². The number of hydrogen-bond donors (Lipinski definition) is 1. The van der Waals surface area contributed by atoms with Gasteiger partial charge in [0.15, 0.2) is 5.75 Å². The maximum absolute atomic E-state index is 12.1. The van der Waals surface area contributed by atoms with Gasteiger partial charge in [-0.05, 0) is 12.0 Å². The van der Waals surface area contributed by atoms with Gasteiger partial charge in [-0.3, -0.25) is 13.8 Å². The van der Waals surface area contributed by atoms with Crippen molar-refractivity contribution in [2.75, 3.05) is 12.4 Å². The maximum atomic E-state index is 12.1. The van der Waals surface area contributed by atoms with Crippen LogP contribution in [-0.4, -0.2) is 27.5 Å². The summed E-state index contributed by atoms with van der Waals surface area (Å²) < 4.78 is 22.4. The van der Waals surface area contributed by atoms with Crippen LogP contribution in [0.4, 0.5) is 0 Å². The van der Waals surface area contributed by atoms with Crippen molar-refractivity contribution in [2.24, 2.45) is 0 Å². The Hall–Kier alpha value is -2.41. The van der Waals surface area contributed by atoms with Crippen molar-refractivity contribution in [1.82, 2.24) is 4.98 Å². The smallest absolute Gasteiger partial charge is 0.318 e. The SMILES string of the molecule is CCCOc1c[nH]c(CS(=O)CC(=O)OCc2ccccc2)cc1=O. The summed E-state index contributed by atoms with van der Waals surface area (Å²) in [5, 5.41) is 0. The van der Waals surface area contributed by atoms with Crippen molar-refractivity contribution >= 4 is 16.8 Å². The van der Waals surface area contributed by atoms with Crippen LogP contribution in [0.2, 0.25) is 0 Å². The molecule has 0 aliphatic heterocycles.